The van der Waals surface area contributed by atoms with Crippen molar-refractivity contribution in [3.05, 3.63) is 35.7 Å². The molecule has 7 heteroatoms. The summed E-state index contributed by atoms with van der Waals surface area (Å²) in [6.07, 6.45) is 1.58. The number of hydrogen-bond donors (Lipinski definition) is 0. The molecule has 142 valence electrons. The number of amides is 1. The summed E-state index contributed by atoms with van der Waals surface area (Å²) < 4.78 is 43.9. The van der Waals surface area contributed by atoms with Gasteiger partial charge in [0.25, 0.3) is 0 Å². The molecule has 2 fully saturated rings. The first-order valence-electron chi connectivity index (χ1n) is 8.74. The highest BCUT2D eigenvalue weighted by molar-refractivity contribution is 5.69. The van der Waals surface area contributed by atoms with Gasteiger partial charge in [-0.15, -0.1) is 0 Å². The Balaban J connectivity index is 1.75. The van der Waals surface area contributed by atoms with Crippen LogP contribution in [0.2, 0.25) is 0 Å². The van der Waals surface area contributed by atoms with Gasteiger partial charge in [0.2, 0.25) is 0 Å². The van der Waals surface area contributed by atoms with Crippen LogP contribution >= 0.6 is 0 Å². The summed E-state index contributed by atoms with van der Waals surface area (Å²) in [7, 11) is 0. The second kappa shape index (κ2) is 6.59. The molecule has 3 unspecified atom stereocenters. The van der Waals surface area contributed by atoms with E-state index in [-0.39, 0.29) is 17.8 Å². The first-order chi connectivity index (χ1) is 12.0. The minimum atomic E-state index is -4.40. The SMILES string of the molecule is CC(C)(C)OC(=O)N1CC2CC2CC1C=Cc1cc(C(F)(F)F)ccn1. The Bertz CT molecular complexity index is 709. The molecule has 2 aliphatic rings. The predicted octanol–water partition coefficient (Wildman–Crippen LogP) is 4.76. The number of piperidine rings is 1. The van der Waals surface area contributed by atoms with E-state index in [2.05, 4.69) is 4.98 Å². The molecular weight excluding hydrogens is 345 g/mol. The minimum absolute atomic E-state index is 0.190. The van der Waals surface area contributed by atoms with Crippen LogP contribution in [0, 0.1) is 11.8 Å². The summed E-state index contributed by atoms with van der Waals surface area (Å²) in [5, 5.41) is 0. The summed E-state index contributed by atoms with van der Waals surface area (Å²) >= 11 is 0. The highest BCUT2D eigenvalue weighted by Crippen LogP contribution is 2.47. The van der Waals surface area contributed by atoms with Gasteiger partial charge in [-0.25, -0.2) is 4.79 Å². The number of aromatic nitrogens is 1. The molecule has 0 aromatic carbocycles. The van der Waals surface area contributed by atoms with Crippen molar-refractivity contribution in [2.75, 3.05) is 6.54 Å². The summed E-state index contributed by atoms with van der Waals surface area (Å²) in [6.45, 7) is 6.06. The zero-order valence-corrected chi connectivity index (χ0v) is 15.1. The van der Waals surface area contributed by atoms with Crippen LogP contribution in [-0.2, 0) is 10.9 Å². The van der Waals surface area contributed by atoms with Crippen molar-refractivity contribution in [1.29, 1.82) is 0 Å². The number of halogens is 3. The molecule has 4 nitrogen and oxygen atoms in total. The molecule has 0 radical (unpaired) electrons. The largest absolute Gasteiger partial charge is 0.444 e. The van der Waals surface area contributed by atoms with Crippen molar-refractivity contribution < 1.29 is 22.7 Å². The first-order valence-corrected chi connectivity index (χ1v) is 8.74. The molecule has 3 atom stereocenters. The standard InChI is InChI=1S/C19H23F3N2O2/c1-18(2,3)26-17(25)24-11-13-8-12(13)9-16(24)5-4-15-10-14(6-7-23-15)19(20,21)22/h4-7,10,12-13,16H,8-9,11H2,1-3H3. The molecule has 1 aliphatic heterocycles. The van der Waals surface area contributed by atoms with Gasteiger partial charge < -0.3 is 9.64 Å². The van der Waals surface area contributed by atoms with Gasteiger partial charge in [-0.3, -0.25) is 4.98 Å². The lowest BCUT2D eigenvalue weighted by Gasteiger charge is -2.35. The van der Waals surface area contributed by atoms with E-state index < -0.39 is 17.3 Å². The Labute approximate surface area is 151 Å². The van der Waals surface area contributed by atoms with Crippen LogP contribution < -0.4 is 0 Å². The zero-order valence-electron chi connectivity index (χ0n) is 15.1. The lowest BCUT2D eigenvalue weighted by atomic mass is 10.0. The van der Waals surface area contributed by atoms with Crippen molar-refractivity contribution in [3.63, 3.8) is 0 Å². The monoisotopic (exact) mass is 368 g/mol. The van der Waals surface area contributed by atoms with Gasteiger partial charge in [0.1, 0.15) is 5.60 Å². The van der Waals surface area contributed by atoms with Crippen LogP contribution in [-0.4, -0.2) is 34.2 Å². The van der Waals surface area contributed by atoms with Gasteiger partial charge in [0, 0.05) is 12.7 Å². The summed E-state index contributed by atoms with van der Waals surface area (Å²) in [5.74, 6) is 1.09. The molecule has 0 bridgehead atoms. The highest BCUT2D eigenvalue weighted by atomic mass is 19.4. The van der Waals surface area contributed by atoms with Crippen LogP contribution in [0.3, 0.4) is 0 Å². The molecule has 26 heavy (non-hydrogen) atoms. The van der Waals surface area contributed by atoms with Crippen LogP contribution in [0.4, 0.5) is 18.0 Å². The normalized spacial score (nSPS) is 25.9. The van der Waals surface area contributed by atoms with Crippen molar-refractivity contribution in [1.82, 2.24) is 9.88 Å². The number of pyridine rings is 1. The van der Waals surface area contributed by atoms with Crippen LogP contribution in [0.1, 0.15) is 44.9 Å². The van der Waals surface area contributed by atoms with Gasteiger partial charge in [-0.1, -0.05) is 6.08 Å². The highest BCUT2D eigenvalue weighted by Gasteiger charge is 2.47. The number of fused-ring (bicyclic) bond motifs is 1. The molecule has 1 aliphatic carbocycles. The molecule has 1 amide bonds. The quantitative estimate of drug-likeness (QED) is 0.756. The van der Waals surface area contributed by atoms with Crippen LogP contribution in [0.5, 0.6) is 0 Å². The maximum Gasteiger partial charge on any atom is 0.416 e. The predicted molar refractivity (Wildman–Crippen MR) is 91.2 cm³/mol. The fraction of sp³-hybridized carbons (Fsp3) is 0.579. The fourth-order valence-electron chi connectivity index (χ4n) is 3.29. The average Bonchev–Trinajstić information content (AvgIpc) is 3.28. The molecular formula is C19H23F3N2O2. The fourth-order valence-corrected chi connectivity index (χ4v) is 3.29. The molecule has 2 heterocycles. The number of hydrogen-bond acceptors (Lipinski definition) is 3. The Morgan fingerprint density at radius 3 is 2.65 bits per heavy atom. The third-order valence-corrected chi connectivity index (χ3v) is 4.67. The van der Waals surface area contributed by atoms with Crippen molar-refractivity contribution in [2.24, 2.45) is 11.8 Å². The van der Waals surface area contributed by atoms with Gasteiger partial charge in [-0.05, 0) is 63.7 Å². The number of nitrogens with zero attached hydrogens (tertiary/aromatic N) is 2. The molecule has 0 N–H and O–H groups in total. The summed E-state index contributed by atoms with van der Waals surface area (Å²) in [4.78, 5) is 18.1. The lowest BCUT2D eigenvalue weighted by molar-refractivity contribution is -0.137. The molecule has 1 aromatic rings. The zero-order chi connectivity index (χ0) is 19.1. The summed E-state index contributed by atoms with van der Waals surface area (Å²) in [5.41, 5.74) is -1.10. The number of carbonyl (C=O) groups excluding carboxylic acids is 1. The molecule has 3 rings (SSSR count). The van der Waals surface area contributed by atoms with Crippen LogP contribution in [0.15, 0.2) is 24.4 Å². The van der Waals surface area contributed by atoms with Gasteiger partial charge >= 0.3 is 12.3 Å². The van der Waals surface area contributed by atoms with E-state index in [1.54, 1.807) is 17.1 Å². The van der Waals surface area contributed by atoms with E-state index in [1.807, 2.05) is 20.8 Å². The van der Waals surface area contributed by atoms with E-state index in [0.29, 0.717) is 18.4 Å². The Morgan fingerprint density at radius 2 is 2.00 bits per heavy atom. The molecule has 1 aromatic heterocycles. The maximum atomic E-state index is 12.8. The Morgan fingerprint density at radius 1 is 1.27 bits per heavy atom. The second-order valence-corrected chi connectivity index (χ2v) is 8.02. The average molecular weight is 368 g/mol. The Hall–Kier alpha value is -2.05. The van der Waals surface area contributed by atoms with E-state index in [1.165, 1.54) is 0 Å². The van der Waals surface area contributed by atoms with Gasteiger partial charge in [0.05, 0.1) is 17.3 Å². The number of alkyl halides is 3. The van der Waals surface area contributed by atoms with Gasteiger partial charge in [-0.2, -0.15) is 13.2 Å². The number of rotatable bonds is 2. The first kappa shape index (κ1) is 18.7. The lowest BCUT2D eigenvalue weighted by Crippen LogP contribution is -2.46. The van der Waals surface area contributed by atoms with Crippen molar-refractivity contribution in [3.8, 4) is 0 Å². The van der Waals surface area contributed by atoms with Crippen molar-refractivity contribution in [2.45, 2.75) is 51.4 Å². The smallest absolute Gasteiger partial charge is 0.416 e. The number of ether oxygens (including phenoxy) is 1. The minimum Gasteiger partial charge on any atom is -0.444 e. The molecule has 1 saturated heterocycles. The number of likely N-dealkylation sites (tertiary alicyclic amines) is 1. The molecule has 0 spiro atoms. The number of carbonyl (C=O) groups is 1. The third-order valence-electron chi connectivity index (χ3n) is 4.67. The van der Waals surface area contributed by atoms with Crippen molar-refractivity contribution >= 4 is 12.2 Å². The Kier molecular flexibility index (Phi) is 4.75. The second-order valence-electron chi connectivity index (χ2n) is 8.02. The van der Waals surface area contributed by atoms with E-state index >= 15 is 0 Å². The third kappa shape index (κ3) is 4.56. The summed E-state index contributed by atoms with van der Waals surface area (Å²) in [6, 6.07) is 1.77. The maximum absolute atomic E-state index is 12.8. The molecule has 1 saturated carbocycles. The topological polar surface area (TPSA) is 42.4 Å². The van der Waals surface area contributed by atoms with Crippen LogP contribution in [0.25, 0.3) is 6.08 Å². The van der Waals surface area contributed by atoms with E-state index in [0.717, 1.165) is 31.2 Å². The van der Waals surface area contributed by atoms with E-state index in [4.69, 9.17) is 4.74 Å². The van der Waals surface area contributed by atoms with E-state index in [9.17, 15) is 18.0 Å². The van der Waals surface area contributed by atoms with Gasteiger partial charge in [0.15, 0.2) is 0 Å².